The molecule has 2 N–H and O–H groups in total. The molecule has 0 unspecified atom stereocenters. The fraction of sp³-hybridized carbons (Fsp3) is 0.143. The quantitative estimate of drug-likeness (QED) is 0.832. The fourth-order valence-corrected chi connectivity index (χ4v) is 2.42. The number of rotatable bonds is 2. The third-order valence-electron chi connectivity index (χ3n) is 2.61. The van der Waals surface area contributed by atoms with Crippen LogP contribution in [0, 0.1) is 13.8 Å². The smallest absolute Gasteiger partial charge is 0.267 e. The number of thiocarbonyl (C=S) groups is 1. The number of anilines is 1. The van der Waals surface area contributed by atoms with Gasteiger partial charge in [0, 0.05) is 5.69 Å². The van der Waals surface area contributed by atoms with Crippen LogP contribution in [-0.4, -0.2) is 11.0 Å². The predicted octanol–water partition coefficient (Wildman–Crippen LogP) is 3.49. The highest BCUT2D eigenvalue weighted by Crippen LogP contribution is 2.16. The molecular formula is C14H14N2OS2. The number of hydrogen-bond acceptors (Lipinski definition) is 3. The molecule has 19 heavy (non-hydrogen) atoms. The lowest BCUT2D eigenvalue weighted by Crippen LogP contribution is -2.33. The molecule has 5 heteroatoms. The fourth-order valence-electron chi connectivity index (χ4n) is 1.60. The van der Waals surface area contributed by atoms with Crippen LogP contribution in [0.25, 0.3) is 0 Å². The standard InChI is InChI=1S/C14H14N2OS2/c1-9-5-6-10(2)11(8-9)15-14(18)16-13(17)12-4-3-7-19-12/h3-8H,1-2H3,(H2,15,16,17,18). The molecule has 0 aliphatic carbocycles. The second-order valence-corrected chi connectivity index (χ2v) is 5.56. The van der Waals surface area contributed by atoms with Crippen LogP contribution in [0.4, 0.5) is 5.69 Å². The van der Waals surface area contributed by atoms with Crippen molar-refractivity contribution in [2.75, 3.05) is 5.32 Å². The van der Waals surface area contributed by atoms with E-state index in [1.165, 1.54) is 11.3 Å². The summed E-state index contributed by atoms with van der Waals surface area (Å²) in [4.78, 5) is 12.5. The summed E-state index contributed by atoms with van der Waals surface area (Å²) < 4.78 is 0. The zero-order valence-corrected chi connectivity index (χ0v) is 12.3. The number of amides is 1. The molecule has 0 radical (unpaired) electrons. The number of thiophene rings is 1. The van der Waals surface area contributed by atoms with Gasteiger partial charge in [-0.1, -0.05) is 18.2 Å². The van der Waals surface area contributed by atoms with Gasteiger partial charge in [0.25, 0.3) is 5.91 Å². The predicted molar refractivity (Wildman–Crippen MR) is 83.9 cm³/mol. The average Bonchev–Trinajstić information content (AvgIpc) is 2.87. The van der Waals surface area contributed by atoms with Gasteiger partial charge in [-0.2, -0.15) is 0 Å². The molecular weight excluding hydrogens is 276 g/mol. The van der Waals surface area contributed by atoms with Gasteiger partial charge in [-0.15, -0.1) is 11.3 Å². The van der Waals surface area contributed by atoms with Crippen molar-refractivity contribution in [3.8, 4) is 0 Å². The van der Waals surface area contributed by atoms with Gasteiger partial charge < -0.3 is 5.32 Å². The topological polar surface area (TPSA) is 41.1 Å². The van der Waals surface area contributed by atoms with Crippen LogP contribution in [0.1, 0.15) is 20.8 Å². The molecule has 0 aliphatic rings. The first-order valence-electron chi connectivity index (χ1n) is 5.79. The molecule has 2 aromatic rings. The van der Waals surface area contributed by atoms with E-state index in [0.717, 1.165) is 16.8 Å². The highest BCUT2D eigenvalue weighted by molar-refractivity contribution is 7.80. The van der Waals surface area contributed by atoms with Crippen LogP contribution in [0.5, 0.6) is 0 Å². The molecule has 3 nitrogen and oxygen atoms in total. The van der Waals surface area contributed by atoms with Crippen molar-refractivity contribution in [3.63, 3.8) is 0 Å². The Morgan fingerprint density at radius 1 is 1.26 bits per heavy atom. The molecule has 98 valence electrons. The minimum atomic E-state index is -0.183. The van der Waals surface area contributed by atoms with E-state index in [9.17, 15) is 4.79 Å². The first kappa shape index (κ1) is 13.7. The molecule has 1 aromatic carbocycles. The number of carbonyl (C=O) groups is 1. The Morgan fingerprint density at radius 3 is 2.74 bits per heavy atom. The SMILES string of the molecule is Cc1ccc(C)c(NC(=S)NC(=O)c2cccs2)c1. The van der Waals surface area contributed by atoms with Crippen molar-refractivity contribution in [2.45, 2.75) is 13.8 Å². The molecule has 0 spiro atoms. The Labute approximate surface area is 121 Å². The number of nitrogens with one attached hydrogen (secondary N) is 2. The number of benzene rings is 1. The van der Waals surface area contributed by atoms with E-state index >= 15 is 0 Å². The zero-order chi connectivity index (χ0) is 13.8. The highest BCUT2D eigenvalue weighted by Gasteiger charge is 2.09. The van der Waals surface area contributed by atoms with Crippen molar-refractivity contribution < 1.29 is 4.79 Å². The lowest BCUT2D eigenvalue weighted by Gasteiger charge is -2.11. The van der Waals surface area contributed by atoms with Gasteiger partial charge in [0.05, 0.1) is 4.88 Å². The van der Waals surface area contributed by atoms with Crippen molar-refractivity contribution >= 4 is 40.3 Å². The van der Waals surface area contributed by atoms with E-state index in [2.05, 4.69) is 10.6 Å². The highest BCUT2D eigenvalue weighted by atomic mass is 32.1. The van der Waals surface area contributed by atoms with E-state index in [4.69, 9.17) is 12.2 Å². The van der Waals surface area contributed by atoms with Gasteiger partial charge in [0.15, 0.2) is 5.11 Å². The normalized spacial score (nSPS) is 10.0. The summed E-state index contributed by atoms with van der Waals surface area (Å²) in [5.41, 5.74) is 3.13. The van der Waals surface area contributed by atoms with Crippen LogP contribution in [-0.2, 0) is 0 Å². The van der Waals surface area contributed by atoms with E-state index in [-0.39, 0.29) is 5.91 Å². The third kappa shape index (κ3) is 3.62. The maximum Gasteiger partial charge on any atom is 0.267 e. The van der Waals surface area contributed by atoms with E-state index in [0.29, 0.717) is 9.99 Å². The lowest BCUT2D eigenvalue weighted by molar-refractivity contribution is 0.0981. The van der Waals surface area contributed by atoms with Gasteiger partial charge in [0.1, 0.15) is 0 Å². The average molecular weight is 290 g/mol. The molecule has 0 saturated carbocycles. The lowest BCUT2D eigenvalue weighted by atomic mass is 10.1. The summed E-state index contributed by atoms with van der Waals surface area (Å²) in [5, 5.41) is 7.89. The molecule has 0 bridgehead atoms. The summed E-state index contributed by atoms with van der Waals surface area (Å²) in [6.45, 7) is 4.00. The third-order valence-corrected chi connectivity index (χ3v) is 3.69. The molecule has 1 heterocycles. The van der Waals surface area contributed by atoms with Gasteiger partial charge in [-0.05, 0) is 54.7 Å². The Morgan fingerprint density at radius 2 is 2.05 bits per heavy atom. The Kier molecular flexibility index (Phi) is 4.29. The molecule has 1 amide bonds. The molecule has 2 rings (SSSR count). The monoisotopic (exact) mass is 290 g/mol. The first-order valence-corrected chi connectivity index (χ1v) is 7.08. The van der Waals surface area contributed by atoms with Crippen LogP contribution in [0.15, 0.2) is 35.7 Å². The second-order valence-electron chi connectivity index (χ2n) is 4.20. The number of carbonyl (C=O) groups excluding carboxylic acids is 1. The molecule has 0 aliphatic heterocycles. The second kappa shape index (κ2) is 5.95. The van der Waals surface area contributed by atoms with Gasteiger partial charge >= 0.3 is 0 Å². The maximum absolute atomic E-state index is 11.8. The van der Waals surface area contributed by atoms with Gasteiger partial charge in [-0.3, -0.25) is 10.1 Å². The summed E-state index contributed by atoms with van der Waals surface area (Å²) in [6.07, 6.45) is 0. The van der Waals surface area contributed by atoms with Crippen LogP contribution >= 0.6 is 23.6 Å². The van der Waals surface area contributed by atoms with Crippen LogP contribution < -0.4 is 10.6 Å². The molecule has 0 saturated heterocycles. The van der Waals surface area contributed by atoms with E-state index < -0.39 is 0 Å². The summed E-state index contributed by atoms with van der Waals surface area (Å²) in [6, 6.07) is 9.65. The maximum atomic E-state index is 11.8. The number of aryl methyl sites for hydroxylation is 2. The van der Waals surface area contributed by atoms with Gasteiger partial charge in [-0.25, -0.2) is 0 Å². The minimum Gasteiger partial charge on any atom is -0.332 e. The molecule has 1 aromatic heterocycles. The largest absolute Gasteiger partial charge is 0.332 e. The van der Waals surface area contributed by atoms with Crippen molar-refractivity contribution in [1.29, 1.82) is 0 Å². The van der Waals surface area contributed by atoms with E-state index in [1.807, 2.05) is 43.5 Å². The summed E-state index contributed by atoms with van der Waals surface area (Å²) in [7, 11) is 0. The summed E-state index contributed by atoms with van der Waals surface area (Å²) in [5.74, 6) is -0.183. The van der Waals surface area contributed by atoms with Crippen LogP contribution in [0.3, 0.4) is 0 Å². The molecule has 0 atom stereocenters. The van der Waals surface area contributed by atoms with E-state index in [1.54, 1.807) is 6.07 Å². The zero-order valence-electron chi connectivity index (χ0n) is 10.7. The van der Waals surface area contributed by atoms with Crippen molar-refractivity contribution in [2.24, 2.45) is 0 Å². The van der Waals surface area contributed by atoms with Crippen molar-refractivity contribution in [1.82, 2.24) is 5.32 Å². The van der Waals surface area contributed by atoms with Crippen molar-refractivity contribution in [3.05, 3.63) is 51.7 Å². The minimum absolute atomic E-state index is 0.183. The Hall–Kier alpha value is -1.72. The van der Waals surface area contributed by atoms with Crippen LogP contribution in [0.2, 0.25) is 0 Å². The summed E-state index contributed by atoms with van der Waals surface area (Å²) >= 11 is 6.54. The van der Waals surface area contributed by atoms with Gasteiger partial charge in [0.2, 0.25) is 0 Å². The Balaban J connectivity index is 2.02. The Bertz CT molecular complexity index is 606. The number of hydrogen-bond donors (Lipinski definition) is 2. The first-order chi connectivity index (χ1) is 9.06. The molecule has 0 fully saturated rings.